The summed E-state index contributed by atoms with van der Waals surface area (Å²) in [7, 11) is -2.02. The van der Waals surface area contributed by atoms with E-state index in [9.17, 15) is 8.42 Å². The third-order valence-electron chi connectivity index (χ3n) is 2.73. The summed E-state index contributed by atoms with van der Waals surface area (Å²) in [5, 5.41) is 3.22. The molecule has 0 spiro atoms. The standard InChI is InChI=1S/C13H22N2O3S/c1-5-18-9-11(3)15-12-7-6-10(2)13(8-12)19(16,17)14-4/h6-8,11,14-15H,5,9H2,1-4H3. The van der Waals surface area contributed by atoms with Gasteiger partial charge in [0.05, 0.1) is 11.5 Å². The maximum absolute atomic E-state index is 11.9. The summed E-state index contributed by atoms with van der Waals surface area (Å²) in [4.78, 5) is 0.295. The molecule has 19 heavy (non-hydrogen) atoms. The van der Waals surface area contributed by atoms with Crippen LogP contribution in [0.1, 0.15) is 19.4 Å². The quantitative estimate of drug-likeness (QED) is 0.801. The first-order chi connectivity index (χ1) is 8.90. The van der Waals surface area contributed by atoms with E-state index in [1.165, 1.54) is 7.05 Å². The van der Waals surface area contributed by atoms with Gasteiger partial charge in [-0.25, -0.2) is 13.1 Å². The molecule has 1 aromatic carbocycles. The predicted octanol–water partition coefficient (Wildman–Crippen LogP) is 1.74. The minimum Gasteiger partial charge on any atom is -0.380 e. The van der Waals surface area contributed by atoms with Crippen LogP contribution in [0.3, 0.4) is 0 Å². The van der Waals surface area contributed by atoms with Crippen molar-refractivity contribution in [3.63, 3.8) is 0 Å². The molecule has 0 saturated carbocycles. The number of aryl methyl sites for hydroxylation is 1. The largest absolute Gasteiger partial charge is 0.380 e. The molecule has 0 radical (unpaired) electrons. The molecule has 0 fully saturated rings. The van der Waals surface area contributed by atoms with E-state index >= 15 is 0 Å². The molecule has 0 aliphatic heterocycles. The Hall–Kier alpha value is -1.11. The lowest BCUT2D eigenvalue weighted by Crippen LogP contribution is -2.23. The molecule has 2 N–H and O–H groups in total. The van der Waals surface area contributed by atoms with Gasteiger partial charge >= 0.3 is 0 Å². The van der Waals surface area contributed by atoms with Crippen LogP contribution < -0.4 is 10.0 Å². The minimum absolute atomic E-state index is 0.118. The summed E-state index contributed by atoms with van der Waals surface area (Å²) in [5.41, 5.74) is 1.49. The maximum atomic E-state index is 11.9. The average Bonchev–Trinajstić information content (AvgIpc) is 2.38. The fourth-order valence-electron chi connectivity index (χ4n) is 1.71. The van der Waals surface area contributed by atoms with E-state index in [0.717, 1.165) is 11.3 Å². The molecule has 1 rings (SSSR count). The number of anilines is 1. The van der Waals surface area contributed by atoms with Crippen molar-refractivity contribution in [3.05, 3.63) is 23.8 Å². The third kappa shape index (κ3) is 4.49. The lowest BCUT2D eigenvalue weighted by molar-refractivity contribution is 0.141. The molecule has 0 heterocycles. The molecule has 1 aromatic rings. The summed E-state index contributed by atoms with van der Waals surface area (Å²) in [5.74, 6) is 0. The van der Waals surface area contributed by atoms with Gasteiger partial charge in [0.15, 0.2) is 0 Å². The molecule has 1 unspecified atom stereocenters. The molecule has 1 atom stereocenters. The summed E-state index contributed by atoms with van der Waals surface area (Å²) in [6.07, 6.45) is 0. The second-order valence-corrected chi connectivity index (χ2v) is 6.25. The number of sulfonamides is 1. The van der Waals surface area contributed by atoms with Crippen molar-refractivity contribution < 1.29 is 13.2 Å². The van der Waals surface area contributed by atoms with Gasteiger partial charge in [-0.1, -0.05) is 6.07 Å². The fraction of sp³-hybridized carbons (Fsp3) is 0.538. The van der Waals surface area contributed by atoms with Gasteiger partial charge in [-0.05, 0) is 45.5 Å². The second-order valence-electron chi connectivity index (χ2n) is 4.39. The monoisotopic (exact) mass is 286 g/mol. The zero-order valence-corrected chi connectivity index (χ0v) is 12.7. The SMILES string of the molecule is CCOCC(C)Nc1ccc(C)c(S(=O)(=O)NC)c1. The van der Waals surface area contributed by atoms with Gasteiger partial charge in [0.1, 0.15) is 0 Å². The van der Waals surface area contributed by atoms with Crippen LogP contribution in [-0.2, 0) is 14.8 Å². The van der Waals surface area contributed by atoms with Crippen molar-refractivity contribution in [2.24, 2.45) is 0 Å². The van der Waals surface area contributed by atoms with Gasteiger partial charge in [-0.3, -0.25) is 0 Å². The Bertz CT molecular complexity index is 515. The summed E-state index contributed by atoms with van der Waals surface area (Å²) < 4.78 is 31.4. The third-order valence-corrected chi connectivity index (χ3v) is 4.29. The molecule has 0 aliphatic carbocycles. The zero-order chi connectivity index (χ0) is 14.5. The van der Waals surface area contributed by atoms with Crippen LogP contribution >= 0.6 is 0 Å². The van der Waals surface area contributed by atoms with Gasteiger partial charge in [0.2, 0.25) is 10.0 Å². The Morgan fingerprint density at radius 3 is 2.63 bits per heavy atom. The lowest BCUT2D eigenvalue weighted by Gasteiger charge is -2.16. The van der Waals surface area contributed by atoms with Gasteiger partial charge in [-0.15, -0.1) is 0 Å². The van der Waals surface area contributed by atoms with Crippen LogP contribution in [0.25, 0.3) is 0 Å². The fourth-order valence-corrected chi connectivity index (χ4v) is 2.70. The number of benzene rings is 1. The first kappa shape index (κ1) is 15.9. The second kappa shape index (κ2) is 6.88. The molecular weight excluding hydrogens is 264 g/mol. The van der Waals surface area contributed by atoms with Crippen LogP contribution in [0.2, 0.25) is 0 Å². The van der Waals surface area contributed by atoms with Gasteiger partial charge in [0.25, 0.3) is 0 Å². The highest BCUT2D eigenvalue weighted by Crippen LogP contribution is 2.20. The molecule has 0 amide bonds. The molecule has 0 aromatic heterocycles. The van der Waals surface area contributed by atoms with Crippen molar-refractivity contribution in [2.75, 3.05) is 25.6 Å². The molecule has 108 valence electrons. The first-order valence-electron chi connectivity index (χ1n) is 6.29. The zero-order valence-electron chi connectivity index (χ0n) is 11.9. The minimum atomic E-state index is -3.43. The van der Waals surface area contributed by atoms with E-state index in [4.69, 9.17) is 4.74 Å². The van der Waals surface area contributed by atoms with Crippen LogP contribution in [0.4, 0.5) is 5.69 Å². The maximum Gasteiger partial charge on any atom is 0.240 e. The summed E-state index contributed by atoms with van der Waals surface area (Å²) in [6, 6.07) is 5.42. The number of hydrogen-bond donors (Lipinski definition) is 2. The van der Waals surface area contributed by atoms with E-state index in [1.807, 2.05) is 19.9 Å². The highest BCUT2D eigenvalue weighted by molar-refractivity contribution is 7.89. The molecule has 5 nitrogen and oxygen atoms in total. The van der Waals surface area contributed by atoms with Crippen molar-refractivity contribution in [1.82, 2.24) is 4.72 Å². The van der Waals surface area contributed by atoms with Gasteiger partial charge in [0, 0.05) is 18.3 Å². The molecule has 0 saturated heterocycles. The van der Waals surface area contributed by atoms with Crippen LogP contribution in [-0.4, -0.2) is 34.7 Å². The summed E-state index contributed by atoms with van der Waals surface area (Å²) >= 11 is 0. The van der Waals surface area contributed by atoms with E-state index in [1.54, 1.807) is 19.1 Å². The molecule has 0 bridgehead atoms. The molecule has 0 aliphatic rings. The van der Waals surface area contributed by atoms with Crippen LogP contribution in [0.15, 0.2) is 23.1 Å². The van der Waals surface area contributed by atoms with Gasteiger partial charge < -0.3 is 10.1 Å². The van der Waals surface area contributed by atoms with Crippen LogP contribution in [0.5, 0.6) is 0 Å². The Balaban J connectivity index is 2.91. The predicted molar refractivity (Wildman–Crippen MR) is 77.0 cm³/mol. The van der Waals surface area contributed by atoms with E-state index in [2.05, 4.69) is 10.0 Å². The lowest BCUT2D eigenvalue weighted by atomic mass is 10.2. The number of hydrogen-bond acceptors (Lipinski definition) is 4. The van der Waals surface area contributed by atoms with E-state index < -0.39 is 10.0 Å². The normalized spacial score (nSPS) is 13.3. The Kier molecular flexibility index (Phi) is 5.78. The number of nitrogens with one attached hydrogen (secondary N) is 2. The summed E-state index contributed by atoms with van der Waals surface area (Å²) in [6.45, 7) is 6.95. The van der Waals surface area contributed by atoms with E-state index in [0.29, 0.717) is 18.1 Å². The first-order valence-corrected chi connectivity index (χ1v) is 7.77. The topological polar surface area (TPSA) is 67.4 Å². The Morgan fingerprint density at radius 1 is 1.37 bits per heavy atom. The Morgan fingerprint density at radius 2 is 2.05 bits per heavy atom. The average molecular weight is 286 g/mol. The van der Waals surface area contributed by atoms with Crippen molar-refractivity contribution >= 4 is 15.7 Å². The number of ether oxygens (including phenoxy) is 1. The Labute approximate surface area is 115 Å². The number of rotatable bonds is 7. The molecule has 6 heteroatoms. The smallest absolute Gasteiger partial charge is 0.240 e. The van der Waals surface area contributed by atoms with Crippen molar-refractivity contribution in [1.29, 1.82) is 0 Å². The van der Waals surface area contributed by atoms with Crippen molar-refractivity contribution in [3.8, 4) is 0 Å². The van der Waals surface area contributed by atoms with Crippen molar-refractivity contribution in [2.45, 2.75) is 31.7 Å². The van der Waals surface area contributed by atoms with Crippen LogP contribution in [0, 0.1) is 6.92 Å². The highest BCUT2D eigenvalue weighted by Gasteiger charge is 2.15. The highest BCUT2D eigenvalue weighted by atomic mass is 32.2. The van der Waals surface area contributed by atoms with E-state index in [-0.39, 0.29) is 6.04 Å². The molecular formula is C13H22N2O3S. The van der Waals surface area contributed by atoms with Gasteiger partial charge in [-0.2, -0.15) is 0 Å².